The van der Waals surface area contributed by atoms with E-state index in [-0.39, 0.29) is 23.6 Å². The van der Waals surface area contributed by atoms with E-state index in [1.165, 1.54) is 12.1 Å². The van der Waals surface area contributed by atoms with Crippen molar-refractivity contribution in [2.45, 2.75) is 11.3 Å². The predicted molar refractivity (Wildman–Crippen MR) is 66.4 cm³/mol. The highest BCUT2D eigenvalue weighted by Gasteiger charge is 2.09. The van der Waals surface area contributed by atoms with Gasteiger partial charge in [0.1, 0.15) is 15.7 Å². The summed E-state index contributed by atoms with van der Waals surface area (Å²) in [6.45, 7) is 0. The van der Waals surface area contributed by atoms with Crippen LogP contribution in [0.25, 0.3) is 0 Å². The van der Waals surface area contributed by atoms with Crippen LogP contribution in [-0.2, 0) is 20.6 Å². The van der Waals surface area contributed by atoms with Crippen molar-refractivity contribution < 1.29 is 17.0 Å². The molecule has 1 rings (SSSR count). The summed E-state index contributed by atoms with van der Waals surface area (Å²) in [5.41, 5.74) is 5.29. The lowest BCUT2D eigenvalue weighted by atomic mass is 10.3. The van der Waals surface area contributed by atoms with Gasteiger partial charge in [0.15, 0.2) is 0 Å². The summed E-state index contributed by atoms with van der Waals surface area (Å²) in [6.07, 6.45) is 1.41. The lowest BCUT2D eigenvalue weighted by Crippen LogP contribution is -2.08. The Bertz CT molecular complexity index is 528. The van der Waals surface area contributed by atoms with Crippen LogP contribution in [0.3, 0.4) is 0 Å². The van der Waals surface area contributed by atoms with Crippen molar-refractivity contribution in [1.82, 2.24) is 0 Å². The summed E-state index contributed by atoms with van der Waals surface area (Å²) in [4.78, 5) is 0.324. The van der Waals surface area contributed by atoms with Crippen LogP contribution in [0.5, 0.6) is 0 Å². The number of anilines is 1. The summed E-state index contributed by atoms with van der Waals surface area (Å²) in [6, 6.07) is 3.94. The van der Waals surface area contributed by atoms with Crippen molar-refractivity contribution in [3.8, 4) is 0 Å². The number of halogens is 1. The predicted octanol–water partition coefficient (Wildman–Crippen LogP) is 0.950. The molecule has 0 saturated heterocycles. The van der Waals surface area contributed by atoms with Gasteiger partial charge in [-0.2, -0.15) is 0 Å². The fourth-order valence-corrected chi connectivity index (χ4v) is 3.17. The Kier molecular flexibility index (Phi) is 4.64. The first-order valence-electron chi connectivity index (χ1n) is 4.91. The average molecular weight is 279 g/mol. The molecule has 2 N–H and O–H groups in total. The molecule has 0 radical (unpaired) electrons. The Morgan fingerprint density at radius 1 is 1.41 bits per heavy atom. The highest BCUT2D eigenvalue weighted by atomic mass is 32.2. The molecule has 0 aromatic heterocycles. The maximum Gasteiger partial charge on any atom is 0.147 e. The summed E-state index contributed by atoms with van der Waals surface area (Å²) in [5, 5.41) is 0. The number of nitrogens with two attached hydrogens (primary N) is 1. The molecular formula is C10H14FNO3S2. The SMILES string of the molecule is CS(=O)(=O)CCCS(=O)c1ccc(N)c(F)c1. The zero-order valence-corrected chi connectivity index (χ0v) is 11.0. The summed E-state index contributed by atoms with van der Waals surface area (Å²) in [7, 11) is -4.44. The van der Waals surface area contributed by atoms with E-state index in [1.807, 2.05) is 0 Å². The molecule has 0 fully saturated rings. The van der Waals surface area contributed by atoms with Crippen molar-refractivity contribution in [3.63, 3.8) is 0 Å². The maximum atomic E-state index is 13.1. The highest BCUT2D eigenvalue weighted by molar-refractivity contribution is 7.90. The first-order valence-corrected chi connectivity index (χ1v) is 8.28. The molecule has 0 aliphatic carbocycles. The van der Waals surface area contributed by atoms with E-state index in [2.05, 4.69) is 0 Å². The quantitative estimate of drug-likeness (QED) is 0.814. The molecule has 0 spiro atoms. The fourth-order valence-electron chi connectivity index (χ4n) is 1.22. The van der Waals surface area contributed by atoms with E-state index in [0.29, 0.717) is 4.90 Å². The van der Waals surface area contributed by atoms with Gasteiger partial charge in [-0.25, -0.2) is 12.8 Å². The van der Waals surface area contributed by atoms with Gasteiger partial charge in [-0.15, -0.1) is 0 Å². The third-order valence-electron chi connectivity index (χ3n) is 2.08. The van der Waals surface area contributed by atoms with Crippen LogP contribution in [0.2, 0.25) is 0 Å². The monoisotopic (exact) mass is 279 g/mol. The van der Waals surface area contributed by atoms with Crippen LogP contribution in [0.4, 0.5) is 10.1 Å². The first-order chi connectivity index (χ1) is 7.79. The average Bonchev–Trinajstić information content (AvgIpc) is 2.20. The van der Waals surface area contributed by atoms with E-state index >= 15 is 0 Å². The molecule has 96 valence electrons. The van der Waals surface area contributed by atoms with Crippen LogP contribution in [0, 0.1) is 5.82 Å². The second-order valence-electron chi connectivity index (χ2n) is 3.72. The Morgan fingerprint density at radius 2 is 2.06 bits per heavy atom. The van der Waals surface area contributed by atoms with Gasteiger partial charge in [0.05, 0.1) is 22.2 Å². The van der Waals surface area contributed by atoms with Gasteiger partial charge in [0, 0.05) is 16.9 Å². The largest absolute Gasteiger partial charge is 0.396 e. The van der Waals surface area contributed by atoms with E-state index < -0.39 is 26.5 Å². The minimum atomic E-state index is -3.05. The van der Waals surface area contributed by atoms with Crippen LogP contribution >= 0.6 is 0 Å². The molecule has 1 unspecified atom stereocenters. The zero-order chi connectivity index (χ0) is 13.1. The molecule has 7 heteroatoms. The van der Waals surface area contributed by atoms with Crippen LogP contribution < -0.4 is 5.73 Å². The van der Waals surface area contributed by atoms with Crippen molar-refractivity contribution >= 4 is 26.3 Å². The standard InChI is InChI=1S/C10H14FNO3S2/c1-17(14,15)6-2-5-16(13)8-3-4-10(12)9(11)7-8/h3-4,7H,2,5-6,12H2,1H3. The molecule has 0 heterocycles. The molecule has 1 aromatic rings. The summed E-state index contributed by atoms with van der Waals surface area (Å²) < 4.78 is 46.5. The second-order valence-corrected chi connectivity index (χ2v) is 7.55. The number of nitrogen functional groups attached to an aromatic ring is 1. The number of rotatable bonds is 5. The Balaban J connectivity index is 2.61. The second kappa shape index (κ2) is 5.59. The van der Waals surface area contributed by atoms with Gasteiger partial charge in [-0.1, -0.05) is 0 Å². The third-order valence-corrected chi connectivity index (χ3v) is 4.55. The number of hydrogen-bond acceptors (Lipinski definition) is 4. The smallest absolute Gasteiger partial charge is 0.147 e. The van der Waals surface area contributed by atoms with Crippen molar-refractivity contribution in [3.05, 3.63) is 24.0 Å². The summed E-state index contributed by atoms with van der Waals surface area (Å²) in [5.74, 6) is -0.439. The van der Waals surface area contributed by atoms with Gasteiger partial charge in [0.2, 0.25) is 0 Å². The van der Waals surface area contributed by atoms with Gasteiger partial charge in [0.25, 0.3) is 0 Å². The lowest BCUT2D eigenvalue weighted by Gasteiger charge is -2.03. The topological polar surface area (TPSA) is 77.2 Å². The Morgan fingerprint density at radius 3 is 2.59 bits per heavy atom. The Hall–Kier alpha value is -0.950. The van der Waals surface area contributed by atoms with Crippen molar-refractivity contribution in [2.24, 2.45) is 0 Å². The number of benzene rings is 1. The maximum absolute atomic E-state index is 13.1. The van der Waals surface area contributed by atoms with E-state index in [4.69, 9.17) is 5.73 Å². The van der Waals surface area contributed by atoms with Crippen molar-refractivity contribution in [2.75, 3.05) is 23.5 Å². The van der Waals surface area contributed by atoms with Crippen LogP contribution in [-0.4, -0.2) is 30.4 Å². The fraction of sp³-hybridized carbons (Fsp3) is 0.400. The molecule has 0 amide bonds. The minimum Gasteiger partial charge on any atom is -0.396 e. The third kappa shape index (κ3) is 4.82. The first kappa shape index (κ1) is 14.1. The molecule has 0 bridgehead atoms. The lowest BCUT2D eigenvalue weighted by molar-refractivity contribution is 0.600. The number of hydrogen-bond donors (Lipinski definition) is 1. The highest BCUT2D eigenvalue weighted by Crippen LogP contribution is 2.15. The Labute approximate surface area is 102 Å². The molecular weight excluding hydrogens is 265 g/mol. The molecule has 0 saturated carbocycles. The minimum absolute atomic E-state index is 0.00175. The van der Waals surface area contributed by atoms with Gasteiger partial charge in [-0.3, -0.25) is 4.21 Å². The van der Waals surface area contributed by atoms with E-state index in [0.717, 1.165) is 12.3 Å². The number of sulfone groups is 1. The molecule has 0 aliphatic heterocycles. The van der Waals surface area contributed by atoms with E-state index in [1.54, 1.807) is 0 Å². The van der Waals surface area contributed by atoms with E-state index in [9.17, 15) is 17.0 Å². The van der Waals surface area contributed by atoms with Crippen molar-refractivity contribution in [1.29, 1.82) is 0 Å². The molecule has 0 aliphatic rings. The molecule has 4 nitrogen and oxygen atoms in total. The molecule has 1 atom stereocenters. The summed E-state index contributed by atoms with van der Waals surface area (Å²) >= 11 is 0. The normalized spacial score (nSPS) is 13.5. The molecule has 1 aromatic carbocycles. The van der Waals surface area contributed by atoms with Crippen LogP contribution in [0.15, 0.2) is 23.1 Å². The van der Waals surface area contributed by atoms with Crippen LogP contribution in [0.1, 0.15) is 6.42 Å². The van der Waals surface area contributed by atoms with Gasteiger partial charge < -0.3 is 5.73 Å². The zero-order valence-electron chi connectivity index (χ0n) is 9.35. The van der Waals surface area contributed by atoms with Gasteiger partial charge in [-0.05, 0) is 24.6 Å². The molecule has 17 heavy (non-hydrogen) atoms. The van der Waals surface area contributed by atoms with Gasteiger partial charge >= 0.3 is 0 Å².